The van der Waals surface area contributed by atoms with E-state index in [-0.39, 0.29) is 0 Å². The molecule has 76 valence electrons. The third-order valence-corrected chi connectivity index (χ3v) is 2.21. The van der Waals surface area contributed by atoms with Crippen LogP contribution in [0.1, 0.15) is 0 Å². The van der Waals surface area contributed by atoms with Gasteiger partial charge in [0.25, 0.3) is 0 Å². The third-order valence-electron chi connectivity index (χ3n) is 1.26. The van der Waals surface area contributed by atoms with Crippen LogP contribution in [0.15, 0.2) is 35.7 Å². The van der Waals surface area contributed by atoms with Crippen LogP contribution in [0.4, 0.5) is 4.39 Å². The van der Waals surface area contributed by atoms with Crippen LogP contribution in [0.25, 0.3) is 0 Å². The van der Waals surface area contributed by atoms with E-state index in [9.17, 15) is 4.39 Å². The standard InChI is InChI=1S/C10H18FNS/c1-9(11)8-10(12-2)6-7-13(3,4)5/h6-8,12H,1H2,2-5H3/b7-6-,10-8+. The van der Waals surface area contributed by atoms with Crippen molar-refractivity contribution in [3.63, 3.8) is 0 Å². The maximum atomic E-state index is 12.4. The van der Waals surface area contributed by atoms with Gasteiger partial charge in [0.1, 0.15) is 5.83 Å². The van der Waals surface area contributed by atoms with Crippen molar-refractivity contribution in [1.82, 2.24) is 5.32 Å². The Hall–Kier alpha value is -0.700. The Morgan fingerprint density at radius 1 is 1.38 bits per heavy atom. The number of allylic oxidation sites excluding steroid dienone is 3. The zero-order valence-corrected chi connectivity index (χ0v) is 9.54. The summed E-state index contributed by atoms with van der Waals surface area (Å²) in [5, 5.41) is 4.99. The summed E-state index contributed by atoms with van der Waals surface area (Å²) >= 11 is 0. The molecule has 0 aliphatic carbocycles. The molecule has 1 N–H and O–H groups in total. The number of nitrogens with one attached hydrogen (secondary N) is 1. The minimum absolute atomic E-state index is 0.432. The van der Waals surface area contributed by atoms with Gasteiger partial charge in [-0.25, -0.2) is 14.4 Å². The van der Waals surface area contributed by atoms with E-state index in [1.54, 1.807) is 7.05 Å². The number of rotatable bonds is 4. The molecule has 13 heavy (non-hydrogen) atoms. The van der Waals surface area contributed by atoms with Crippen LogP contribution in [0, 0.1) is 0 Å². The average molecular weight is 203 g/mol. The molecule has 0 aliphatic heterocycles. The van der Waals surface area contributed by atoms with Gasteiger partial charge in [-0.1, -0.05) is 6.58 Å². The Labute approximate surface area is 81.7 Å². The lowest BCUT2D eigenvalue weighted by molar-refractivity contribution is 0.668. The Bertz CT molecular complexity index is 236. The Morgan fingerprint density at radius 2 is 1.92 bits per heavy atom. The van der Waals surface area contributed by atoms with E-state index in [1.807, 2.05) is 6.08 Å². The van der Waals surface area contributed by atoms with Gasteiger partial charge in [0.2, 0.25) is 0 Å². The Kier molecular flexibility index (Phi) is 4.85. The van der Waals surface area contributed by atoms with Crippen molar-refractivity contribution in [2.75, 3.05) is 25.8 Å². The van der Waals surface area contributed by atoms with Crippen molar-refractivity contribution in [2.24, 2.45) is 0 Å². The lowest BCUT2D eigenvalue weighted by Gasteiger charge is -2.19. The van der Waals surface area contributed by atoms with Crippen molar-refractivity contribution in [2.45, 2.75) is 0 Å². The lowest BCUT2D eigenvalue weighted by atomic mass is 10.4. The van der Waals surface area contributed by atoms with E-state index in [0.717, 1.165) is 5.70 Å². The van der Waals surface area contributed by atoms with Gasteiger partial charge < -0.3 is 5.32 Å². The monoisotopic (exact) mass is 203 g/mol. The van der Waals surface area contributed by atoms with Crippen LogP contribution in [0.5, 0.6) is 0 Å². The molecule has 0 heterocycles. The summed E-state index contributed by atoms with van der Waals surface area (Å²) < 4.78 is 12.4. The van der Waals surface area contributed by atoms with E-state index in [1.165, 1.54) is 6.08 Å². The molecule has 1 nitrogen and oxygen atoms in total. The molecule has 0 spiro atoms. The molecule has 0 rings (SSSR count). The van der Waals surface area contributed by atoms with Crippen molar-refractivity contribution in [3.8, 4) is 0 Å². The fourth-order valence-electron chi connectivity index (χ4n) is 0.650. The van der Waals surface area contributed by atoms with Crippen molar-refractivity contribution >= 4 is 10.0 Å². The van der Waals surface area contributed by atoms with Crippen molar-refractivity contribution < 1.29 is 4.39 Å². The minimum atomic E-state index is -0.679. The van der Waals surface area contributed by atoms with Crippen molar-refractivity contribution in [3.05, 3.63) is 35.7 Å². The highest BCUT2D eigenvalue weighted by Crippen LogP contribution is 2.36. The van der Waals surface area contributed by atoms with E-state index < -0.39 is 15.9 Å². The van der Waals surface area contributed by atoms with Gasteiger partial charge >= 0.3 is 0 Å². The van der Waals surface area contributed by atoms with Gasteiger partial charge in [-0.3, -0.25) is 0 Å². The average Bonchev–Trinajstić information content (AvgIpc) is 1.95. The molecule has 0 atom stereocenters. The van der Waals surface area contributed by atoms with Gasteiger partial charge in [0, 0.05) is 12.7 Å². The summed E-state index contributed by atoms with van der Waals surface area (Å²) in [6.07, 6.45) is 9.77. The second-order valence-corrected chi connectivity index (χ2v) is 7.67. The highest BCUT2D eigenvalue weighted by atomic mass is 32.3. The molecule has 0 bridgehead atoms. The molecule has 0 fully saturated rings. The molecular weight excluding hydrogens is 185 g/mol. The SMILES string of the molecule is C=C(F)/C=C(\C=C/S(C)(C)C)NC. The van der Waals surface area contributed by atoms with Crippen LogP contribution < -0.4 is 5.32 Å². The van der Waals surface area contributed by atoms with E-state index in [2.05, 4.69) is 36.1 Å². The van der Waals surface area contributed by atoms with Gasteiger partial charge in [-0.15, -0.1) is 0 Å². The van der Waals surface area contributed by atoms with Crippen molar-refractivity contribution in [1.29, 1.82) is 0 Å². The second-order valence-electron chi connectivity index (χ2n) is 3.53. The zero-order chi connectivity index (χ0) is 10.5. The minimum Gasteiger partial charge on any atom is -0.388 e. The van der Waals surface area contributed by atoms with Crippen LogP contribution in [0.2, 0.25) is 0 Å². The summed E-state index contributed by atoms with van der Waals surface area (Å²) in [4.78, 5) is 0. The summed E-state index contributed by atoms with van der Waals surface area (Å²) in [6.45, 7) is 3.18. The molecule has 0 unspecified atom stereocenters. The fraction of sp³-hybridized carbons (Fsp3) is 0.400. The summed E-state index contributed by atoms with van der Waals surface area (Å²) in [5.74, 6) is -0.432. The molecule has 0 aliphatic rings. The molecule has 0 aromatic carbocycles. The van der Waals surface area contributed by atoms with Crippen LogP contribution in [-0.2, 0) is 0 Å². The molecule has 0 saturated heterocycles. The Balaban J connectivity index is 4.47. The predicted octanol–water partition coefficient (Wildman–Crippen LogP) is 2.78. The largest absolute Gasteiger partial charge is 0.388 e. The third kappa shape index (κ3) is 7.65. The molecule has 0 radical (unpaired) electrons. The van der Waals surface area contributed by atoms with Gasteiger partial charge in [-0.2, -0.15) is 0 Å². The topological polar surface area (TPSA) is 12.0 Å². The second kappa shape index (κ2) is 5.12. The highest BCUT2D eigenvalue weighted by Gasteiger charge is 1.97. The predicted molar refractivity (Wildman–Crippen MR) is 61.9 cm³/mol. The summed E-state index contributed by atoms with van der Waals surface area (Å²) in [6, 6.07) is 0. The summed E-state index contributed by atoms with van der Waals surface area (Å²) in [5.41, 5.74) is 0.745. The number of halogens is 1. The molecule has 3 heteroatoms. The van der Waals surface area contributed by atoms with Crippen LogP contribution in [-0.4, -0.2) is 25.8 Å². The molecule has 0 aromatic heterocycles. The first-order valence-corrected chi connectivity index (χ1v) is 6.87. The van der Waals surface area contributed by atoms with Gasteiger partial charge in [-0.05, 0) is 36.3 Å². The number of hydrogen-bond donors (Lipinski definition) is 1. The van der Waals surface area contributed by atoms with Crippen LogP contribution >= 0.6 is 10.0 Å². The quantitative estimate of drug-likeness (QED) is 0.693. The lowest BCUT2D eigenvalue weighted by Crippen LogP contribution is -2.03. The summed E-state index contributed by atoms with van der Waals surface area (Å²) in [7, 11) is 1.08. The highest BCUT2D eigenvalue weighted by molar-refractivity contribution is 8.34. The Morgan fingerprint density at radius 3 is 2.23 bits per heavy atom. The fourth-order valence-corrected chi connectivity index (χ4v) is 1.20. The molecular formula is C10H18FNS. The maximum Gasteiger partial charge on any atom is 0.118 e. The first-order chi connectivity index (χ1) is 5.85. The van der Waals surface area contributed by atoms with E-state index in [0.29, 0.717) is 0 Å². The number of likely N-dealkylation sites (N-methyl/N-ethyl adjacent to an activating group) is 1. The van der Waals surface area contributed by atoms with Crippen LogP contribution in [0.3, 0.4) is 0 Å². The molecule has 0 saturated carbocycles. The van der Waals surface area contributed by atoms with E-state index >= 15 is 0 Å². The normalized spacial score (nSPS) is 14.7. The zero-order valence-electron chi connectivity index (χ0n) is 8.73. The molecule has 0 aromatic rings. The number of hydrogen-bond acceptors (Lipinski definition) is 1. The van der Waals surface area contributed by atoms with Gasteiger partial charge in [0.15, 0.2) is 0 Å². The molecule has 0 amide bonds. The van der Waals surface area contributed by atoms with Gasteiger partial charge in [0.05, 0.1) is 0 Å². The maximum absolute atomic E-state index is 12.4. The first-order valence-electron chi connectivity index (χ1n) is 3.95. The van der Waals surface area contributed by atoms with E-state index in [4.69, 9.17) is 0 Å². The first kappa shape index (κ1) is 12.3. The smallest absolute Gasteiger partial charge is 0.118 e.